The number of nitrogens with one attached hydrogen (secondary N) is 1. The SMILES string of the molecule is COC(=O)c1ccc(NC(=O)Cn2cc(C(=O)O)nn2)cc1. The molecule has 9 heteroatoms. The number of carboxylic acid groups (broad SMARTS) is 1. The fourth-order valence-corrected chi connectivity index (χ4v) is 1.63. The van der Waals surface area contributed by atoms with Crippen LogP contribution in [0.4, 0.5) is 5.69 Å². The van der Waals surface area contributed by atoms with E-state index in [9.17, 15) is 14.4 Å². The number of ether oxygens (including phenoxy) is 1. The van der Waals surface area contributed by atoms with Crippen LogP contribution in [-0.4, -0.2) is 45.1 Å². The summed E-state index contributed by atoms with van der Waals surface area (Å²) in [6.07, 6.45) is 1.16. The topological polar surface area (TPSA) is 123 Å². The number of methoxy groups -OCH3 is 1. The van der Waals surface area contributed by atoms with E-state index in [-0.39, 0.29) is 12.2 Å². The Hall–Kier alpha value is -3.23. The van der Waals surface area contributed by atoms with Gasteiger partial charge >= 0.3 is 11.9 Å². The molecule has 2 N–H and O–H groups in total. The number of carbonyl (C=O) groups is 3. The molecular weight excluding hydrogens is 292 g/mol. The second-order valence-electron chi connectivity index (χ2n) is 4.22. The summed E-state index contributed by atoms with van der Waals surface area (Å²) in [4.78, 5) is 33.7. The summed E-state index contributed by atoms with van der Waals surface area (Å²) in [5, 5.41) is 18.2. The quantitative estimate of drug-likeness (QED) is 0.766. The number of esters is 1. The van der Waals surface area contributed by atoms with E-state index in [1.807, 2.05) is 0 Å². The van der Waals surface area contributed by atoms with E-state index < -0.39 is 17.8 Å². The zero-order valence-corrected chi connectivity index (χ0v) is 11.5. The van der Waals surface area contributed by atoms with Gasteiger partial charge in [-0.3, -0.25) is 4.79 Å². The van der Waals surface area contributed by atoms with Gasteiger partial charge in [-0.2, -0.15) is 0 Å². The highest BCUT2D eigenvalue weighted by Crippen LogP contribution is 2.10. The van der Waals surface area contributed by atoms with E-state index in [0.29, 0.717) is 11.3 Å². The fourth-order valence-electron chi connectivity index (χ4n) is 1.63. The summed E-state index contributed by atoms with van der Waals surface area (Å²) in [5.41, 5.74) is 0.606. The average molecular weight is 304 g/mol. The summed E-state index contributed by atoms with van der Waals surface area (Å²) in [6, 6.07) is 6.13. The lowest BCUT2D eigenvalue weighted by Crippen LogP contribution is -2.19. The highest BCUT2D eigenvalue weighted by Gasteiger charge is 2.11. The number of aromatic nitrogens is 3. The molecule has 0 aliphatic rings. The predicted molar refractivity (Wildman–Crippen MR) is 73.4 cm³/mol. The summed E-state index contributed by atoms with van der Waals surface area (Å²) in [6.45, 7) is -0.182. The number of nitrogens with zero attached hydrogens (tertiary/aromatic N) is 3. The molecule has 0 bridgehead atoms. The Morgan fingerprint density at radius 1 is 1.27 bits per heavy atom. The Kier molecular flexibility index (Phi) is 4.47. The van der Waals surface area contributed by atoms with Crippen molar-refractivity contribution in [2.24, 2.45) is 0 Å². The molecule has 0 saturated carbocycles. The van der Waals surface area contributed by atoms with E-state index >= 15 is 0 Å². The van der Waals surface area contributed by atoms with Gasteiger partial charge in [-0.05, 0) is 24.3 Å². The van der Waals surface area contributed by atoms with Crippen LogP contribution in [0.5, 0.6) is 0 Å². The van der Waals surface area contributed by atoms with Gasteiger partial charge in [0.2, 0.25) is 5.91 Å². The number of anilines is 1. The van der Waals surface area contributed by atoms with Gasteiger partial charge in [-0.1, -0.05) is 5.21 Å². The number of carbonyl (C=O) groups excluding carboxylic acids is 2. The smallest absolute Gasteiger partial charge is 0.358 e. The summed E-state index contributed by atoms with van der Waals surface area (Å²) >= 11 is 0. The first-order valence-corrected chi connectivity index (χ1v) is 6.11. The van der Waals surface area contributed by atoms with E-state index in [0.717, 1.165) is 10.9 Å². The number of hydrogen-bond acceptors (Lipinski definition) is 6. The van der Waals surface area contributed by atoms with Crippen LogP contribution in [0.1, 0.15) is 20.8 Å². The minimum absolute atomic E-state index is 0.182. The maximum absolute atomic E-state index is 11.8. The molecule has 2 aromatic rings. The van der Waals surface area contributed by atoms with Crippen molar-refractivity contribution in [3.05, 3.63) is 41.7 Å². The molecule has 0 fully saturated rings. The first kappa shape index (κ1) is 15.2. The van der Waals surface area contributed by atoms with Crippen molar-refractivity contribution in [3.63, 3.8) is 0 Å². The van der Waals surface area contributed by atoms with E-state index in [1.165, 1.54) is 19.2 Å². The van der Waals surface area contributed by atoms with Gasteiger partial charge in [0, 0.05) is 5.69 Å². The third-order valence-corrected chi connectivity index (χ3v) is 2.65. The molecule has 0 aliphatic carbocycles. The van der Waals surface area contributed by atoms with Crippen LogP contribution in [0.3, 0.4) is 0 Å². The highest BCUT2D eigenvalue weighted by atomic mass is 16.5. The van der Waals surface area contributed by atoms with Gasteiger partial charge in [0.25, 0.3) is 0 Å². The largest absolute Gasteiger partial charge is 0.476 e. The van der Waals surface area contributed by atoms with Crippen LogP contribution in [-0.2, 0) is 16.1 Å². The zero-order chi connectivity index (χ0) is 16.1. The summed E-state index contributed by atoms with van der Waals surface area (Å²) in [7, 11) is 1.28. The molecule has 0 aliphatic heterocycles. The molecule has 1 amide bonds. The van der Waals surface area contributed by atoms with Gasteiger partial charge in [0.1, 0.15) is 6.54 Å². The van der Waals surface area contributed by atoms with Gasteiger partial charge < -0.3 is 15.2 Å². The van der Waals surface area contributed by atoms with E-state index in [2.05, 4.69) is 20.4 Å². The van der Waals surface area contributed by atoms with Crippen molar-refractivity contribution in [2.45, 2.75) is 6.54 Å². The molecule has 1 aromatic carbocycles. The lowest BCUT2D eigenvalue weighted by Gasteiger charge is -2.05. The van der Waals surface area contributed by atoms with Crippen molar-refractivity contribution < 1.29 is 24.2 Å². The summed E-state index contributed by atoms with van der Waals surface area (Å²) < 4.78 is 5.68. The molecule has 0 unspecified atom stereocenters. The fraction of sp³-hybridized carbons (Fsp3) is 0.154. The Morgan fingerprint density at radius 3 is 2.50 bits per heavy atom. The van der Waals surface area contributed by atoms with Crippen LogP contribution in [0, 0.1) is 0 Å². The molecule has 22 heavy (non-hydrogen) atoms. The van der Waals surface area contributed by atoms with Crippen LogP contribution in [0.2, 0.25) is 0 Å². The average Bonchev–Trinajstić information content (AvgIpc) is 2.95. The Balaban J connectivity index is 1.96. The van der Waals surface area contributed by atoms with Crippen LogP contribution in [0.15, 0.2) is 30.5 Å². The number of hydrogen-bond donors (Lipinski definition) is 2. The van der Waals surface area contributed by atoms with E-state index in [1.54, 1.807) is 12.1 Å². The molecule has 9 nitrogen and oxygen atoms in total. The normalized spacial score (nSPS) is 10.0. The maximum Gasteiger partial charge on any atom is 0.358 e. The Bertz CT molecular complexity index is 707. The number of rotatable bonds is 5. The molecule has 0 radical (unpaired) electrons. The first-order valence-electron chi connectivity index (χ1n) is 6.11. The van der Waals surface area contributed by atoms with Crippen molar-refractivity contribution in [1.82, 2.24) is 15.0 Å². The second kappa shape index (κ2) is 6.48. The molecule has 0 saturated heterocycles. The Morgan fingerprint density at radius 2 is 1.95 bits per heavy atom. The molecule has 0 atom stereocenters. The van der Waals surface area contributed by atoms with Crippen LogP contribution < -0.4 is 5.32 Å². The number of aromatic carboxylic acids is 1. The summed E-state index contributed by atoms with van der Waals surface area (Å²) in [5.74, 6) is -2.10. The molecular formula is C13H12N4O5. The standard InChI is InChI=1S/C13H12N4O5/c1-22-13(21)8-2-4-9(5-3-8)14-11(18)7-17-6-10(12(19)20)15-16-17/h2-6H,7H2,1H3,(H,14,18)(H,19,20). The van der Waals surface area contributed by atoms with Crippen molar-refractivity contribution in [2.75, 3.05) is 12.4 Å². The van der Waals surface area contributed by atoms with Crippen molar-refractivity contribution >= 4 is 23.5 Å². The number of carboxylic acids is 1. The molecule has 114 valence electrons. The van der Waals surface area contributed by atoms with Crippen LogP contribution >= 0.6 is 0 Å². The van der Waals surface area contributed by atoms with Gasteiger partial charge in [0.05, 0.1) is 18.9 Å². The van der Waals surface area contributed by atoms with Gasteiger partial charge in [-0.25, -0.2) is 14.3 Å². The van der Waals surface area contributed by atoms with Gasteiger partial charge in [0.15, 0.2) is 5.69 Å². The number of benzene rings is 1. The lowest BCUT2D eigenvalue weighted by atomic mass is 10.2. The monoisotopic (exact) mass is 304 g/mol. The van der Waals surface area contributed by atoms with Crippen LogP contribution in [0.25, 0.3) is 0 Å². The zero-order valence-electron chi connectivity index (χ0n) is 11.5. The molecule has 1 aromatic heterocycles. The molecule has 1 heterocycles. The lowest BCUT2D eigenvalue weighted by molar-refractivity contribution is -0.116. The third kappa shape index (κ3) is 3.66. The predicted octanol–water partition coefficient (Wildman–Crippen LogP) is 0.402. The van der Waals surface area contributed by atoms with Crippen molar-refractivity contribution in [1.29, 1.82) is 0 Å². The first-order chi connectivity index (χ1) is 10.5. The maximum atomic E-state index is 11.8. The molecule has 2 rings (SSSR count). The van der Waals surface area contributed by atoms with Gasteiger partial charge in [-0.15, -0.1) is 5.10 Å². The number of amides is 1. The minimum Gasteiger partial charge on any atom is -0.476 e. The minimum atomic E-state index is -1.22. The Labute approximate surface area is 124 Å². The van der Waals surface area contributed by atoms with Crippen molar-refractivity contribution in [3.8, 4) is 0 Å². The van der Waals surface area contributed by atoms with E-state index in [4.69, 9.17) is 5.11 Å². The third-order valence-electron chi connectivity index (χ3n) is 2.65. The highest BCUT2D eigenvalue weighted by molar-refractivity contribution is 5.93. The second-order valence-corrected chi connectivity index (χ2v) is 4.22. The molecule has 0 spiro atoms.